The maximum atomic E-state index is 12.1. The largest absolute Gasteiger partial charge is 0.445 e. The van der Waals surface area contributed by atoms with E-state index in [9.17, 15) is 4.79 Å². The lowest BCUT2D eigenvalue weighted by Crippen LogP contribution is -2.41. The van der Waals surface area contributed by atoms with Gasteiger partial charge in [0.05, 0.1) is 0 Å². The lowest BCUT2D eigenvalue weighted by Gasteiger charge is -2.32. The van der Waals surface area contributed by atoms with Crippen LogP contribution >= 0.6 is 15.9 Å². The average Bonchev–Trinajstić information content (AvgIpc) is 3.00. The summed E-state index contributed by atoms with van der Waals surface area (Å²) in [7, 11) is 0. The van der Waals surface area contributed by atoms with Gasteiger partial charge in [0.1, 0.15) is 17.3 Å². The summed E-state index contributed by atoms with van der Waals surface area (Å²) in [6.07, 6.45) is 3.72. The maximum absolute atomic E-state index is 12.1. The van der Waals surface area contributed by atoms with Crippen molar-refractivity contribution in [3.63, 3.8) is 0 Å². The number of hydrogen-bond donors (Lipinski definition) is 1. The van der Waals surface area contributed by atoms with Crippen LogP contribution in [0.5, 0.6) is 0 Å². The van der Waals surface area contributed by atoms with Gasteiger partial charge in [-0.3, -0.25) is 10.3 Å². The first kappa shape index (κ1) is 15.4. The molecule has 1 aromatic carbocycles. The Bertz CT molecular complexity index is 542. The molecule has 1 atom stereocenters. The summed E-state index contributed by atoms with van der Waals surface area (Å²) in [6.45, 7) is 1.75. The summed E-state index contributed by atoms with van der Waals surface area (Å²) in [5, 5.41) is 0. The van der Waals surface area contributed by atoms with E-state index in [-0.39, 0.29) is 12.2 Å². The molecule has 1 N–H and O–H groups in total. The van der Waals surface area contributed by atoms with Gasteiger partial charge in [0.15, 0.2) is 0 Å². The van der Waals surface area contributed by atoms with Gasteiger partial charge in [-0.2, -0.15) is 0 Å². The van der Waals surface area contributed by atoms with Crippen molar-refractivity contribution in [1.29, 1.82) is 0 Å². The SMILES string of the molecule is O=C(OCc1ccccc1)N1CCC([C@H]2C=C(Br)NO2)CC1. The normalized spacial score (nSPS) is 22.1. The molecule has 5 nitrogen and oxygen atoms in total. The van der Waals surface area contributed by atoms with Crippen molar-refractivity contribution in [2.75, 3.05) is 13.1 Å². The first-order chi connectivity index (χ1) is 10.7. The molecule has 2 aliphatic rings. The van der Waals surface area contributed by atoms with Crippen LogP contribution in [0.25, 0.3) is 0 Å². The lowest BCUT2D eigenvalue weighted by atomic mass is 9.91. The Morgan fingerprint density at radius 1 is 1.32 bits per heavy atom. The molecule has 2 aliphatic heterocycles. The Labute approximate surface area is 138 Å². The quantitative estimate of drug-likeness (QED) is 0.834. The first-order valence-corrected chi connectivity index (χ1v) is 8.26. The van der Waals surface area contributed by atoms with Crippen LogP contribution in [0.3, 0.4) is 0 Å². The van der Waals surface area contributed by atoms with Crippen LogP contribution in [0, 0.1) is 5.92 Å². The molecule has 2 heterocycles. The number of ether oxygens (including phenoxy) is 1. The maximum Gasteiger partial charge on any atom is 0.410 e. The topological polar surface area (TPSA) is 50.8 Å². The van der Waals surface area contributed by atoms with E-state index in [1.807, 2.05) is 36.4 Å². The van der Waals surface area contributed by atoms with Gasteiger partial charge >= 0.3 is 6.09 Å². The van der Waals surface area contributed by atoms with Crippen LogP contribution in [-0.4, -0.2) is 30.2 Å². The van der Waals surface area contributed by atoms with Crippen molar-refractivity contribution in [2.45, 2.75) is 25.6 Å². The minimum absolute atomic E-state index is 0.0804. The second-order valence-corrected chi connectivity index (χ2v) is 6.42. The zero-order chi connectivity index (χ0) is 15.4. The molecule has 0 aliphatic carbocycles. The van der Waals surface area contributed by atoms with Gasteiger partial charge in [-0.1, -0.05) is 30.3 Å². The van der Waals surface area contributed by atoms with E-state index >= 15 is 0 Å². The molecular formula is C16H19BrN2O3. The highest BCUT2D eigenvalue weighted by atomic mass is 79.9. The molecular weight excluding hydrogens is 348 g/mol. The van der Waals surface area contributed by atoms with Gasteiger partial charge in [-0.05, 0) is 46.3 Å². The van der Waals surface area contributed by atoms with Crippen molar-refractivity contribution >= 4 is 22.0 Å². The van der Waals surface area contributed by atoms with Crippen molar-refractivity contribution in [3.8, 4) is 0 Å². The minimum atomic E-state index is -0.232. The molecule has 6 heteroatoms. The van der Waals surface area contributed by atoms with Crippen LogP contribution in [-0.2, 0) is 16.2 Å². The predicted octanol–water partition coefficient (Wildman–Crippen LogP) is 3.17. The first-order valence-electron chi connectivity index (χ1n) is 7.47. The van der Waals surface area contributed by atoms with Gasteiger partial charge in [0.25, 0.3) is 0 Å². The van der Waals surface area contributed by atoms with Crippen LogP contribution in [0.1, 0.15) is 18.4 Å². The second kappa shape index (κ2) is 7.15. The number of amides is 1. The number of hydrogen-bond acceptors (Lipinski definition) is 4. The molecule has 1 fully saturated rings. The molecule has 0 radical (unpaired) electrons. The fraction of sp³-hybridized carbons (Fsp3) is 0.438. The van der Waals surface area contributed by atoms with E-state index in [0.717, 1.165) is 23.0 Å². The zero-order valence-corrected chi connectivity index (χ0v) is 13.8. The van der Waals surface area contributed by atoms with Crippen LogP contribution in [0.15, 0.2) is 41.0 Å². The standard InChI is InChI=1S/C16H19BrN2O3/c17-15-10-14(22-18-15)13-6-8-19(9-7-13)16(20)21-11-12-4-2-1-3-5-12/h1-5,10,13-14,18H,6-9,11H2/t14-/m1/s1. The zero-order valence-electron chi connectivity index (χ0n) is 12.2. The smallest absolute Gasteiger partial charge is 0.410 e. The third-order valence-electron chi connectivity index (χ3n) is 4.07. The lowest BCUT2D eigenvalue weighted by molar-refractivity contribution is -0.00721. The number of piperidine rings is 1. The molecule has 118 valence electrons. The molecule has 0 saturated carbocycles. The second-order valence-electron chi connectivity index (χ2n) is 5.56. The van der Waals surface area contributed by atoms with Crippen LogP contribution in [0.4, 0.5) is 4.79 Å². The number of halogens is 1. The van der Waals surface area contributed by atoms with Crippen molar-refractivity contribution in [3.05, 3.63) is 46.6 Å². The Kier molecular flexibility index (Phi) is 5.00. The molecule has 1 aromatic rings. The molecule has 0 spiro atoms. The highest BCUT2D eigenvalue weighted by molar-refractivity contribution is 9.11. The molecule has 0 aromatic heterocycles. The van der Waals surface area contributed by atoms with E-state index in [2.05, 4.69) is 21.4 Å². The molecule has 0 unspecified atom stereocenters. The van der Waals surface area contributed by atoms with E-state index in [4.69, 9.17) is 9.57 Å². The highest BCUT2D eigenvalue weighted by Crippen LogP contribution is 2.27. The summed E-state index contributed by atoms with van der Waals surface area (Å²) in [4.78, 5) is 19.4. The van der Waals surface area contributed by atoms with Crippen molar-refractivity contribution in [2.24, 2.45) is 5.92 Å². The fourth-order valence-electron chi connectivity index (χ4n) is 2.79. The third kappa shape index (κ3) is 3.81. The van der Waals surface area contributed by atoms with Crippen molar-refractivity contribution in [1.82, 2.24) is 10.4 Å². The summed E-state index contributed by atoms with van der Waals surface area (Å²) >= 11 is 3.36. The van der Waals surface area contributed by atoms with Gasteiger partial charge < -0.3 is 9.64 Å². The number of nitrogens with one attached hydrogen (secondary N) is 1. The Balaban J connectivity index is 1.44. The number of likely N-dealkylation sites (tertiary alicyclic amines) is 1. The van der Waals surface area contributed by atoms with E-state index < -0.39 is 0 Å². The number of carbonyl (C=O) groups is 1. The van der Waals surface area contributed by atoms with Gasteiger partial charge in [0, 0.05) is 13.1 Å². The molecule has 0 bridgehead atoms. The van der Waals surface area contributed by atoms with Gasteiger partial charge in [-0.15, -0.1) is 0 Å². The monoisotopic (exact) mass is 366 g/mol. The van der Waals surface area contributed by atoms with Gasteiger partial charge in [-0.25, -0.2) is 4.79 Å². The highest BCUT2D eigenvalue weighted by Gasteiger charge is 2.31. The molecule has 1 saturated heterocycles. The number of benzene rings is 1. The number of hydroxylamine groups is 1. The van der Waals surface area contributed by atoms with E-state index in [1.54, 1.807) is 4.90 Å². The summed E-state index contributed by atoms with van der Waals surface area (Å²) in [5.41, 5.74) is 3.82. The Hall–Kier alpha value is -1.53. The number of nitrogens with zero attached hydrogens (tertiary/aromatic N) is 1. The predicted molar refractivity (Wildman–Crippen MR) is 85.9 cm³/mol. The summed E-state index contributed by atoms with van der Waals surface area (Å²) < 4.78 is 6.25. The van der Waals surface area contributed by atoms with Crippen LogP contribution < -0.4 is 5.48 Å². The van der Waals surface area contributed by atoms with E-state index in [1.165, 1.54) is 0 Å². The minimum Gasteiger partial charge on any atom is -0.445 e. The average molecular weight is 367 g/mol. The molecule has 1 amide bonds. The van der Waals surface area contributed by atoms with E-state index in [0.29, 0.717) is 25.6 Å². The van der Waals surface area contributed by atoms with Crippen molar-refractivity contribution < 1.29 is 14.4 Å². The molecule has 22 heavy (non-hydrogen) atoms. The fourth-order valence-corrected chi connectivity index (χ4v) is 3.14. The molecule has 3 rings (SSSR count). The Morgan fingerprint density at radius 3 is 2.68 bits per heavy atom. The van der Waals surface area contributed by atoms with Gasteiger partial charge in [0.2, 0.25) is 0 Å². The summed E-state index contributed by atoms with van der Waals surface area (Å²) in [6, 6.07) is 9.73. The number of carbonyl (C=O) groups excluding carboxylic acids is 1. The Morgan fingerprint density at radius 2 is 2.05 bits per heavy atom. The number of rotatable bonds is 3. The summed E-state index contributed by atoms with van der Waals surface area (Å²) in [5.74, 6) is 0.431. The third-order valence-corrected chi connectivity index (χ3v) is 4.50. The van der Waals surface area contributed by atoms with Crippen LogP contribution in [0.2, 0.25) is 0 Å².